The molecule has 2 aromatic heterocycles. The van der Waals surface area contributed by atoms with Gasteiger partial charge in [0.25, 0.3) is 5.91 Å². The molecule has 114 valence electrons. The molecule has 2 rings (SSSR count). The maximum absolute atomic E-state index is 12.6. The van der Waals surface area contributed by atoms with Crippen molar-refractivity contribution in [2.75, 3.05) is 18.6 Å². The summed E-state index contributed by atoms with van der Waals surface area (Å²) < 4.78 is 4.64. The van der Waals surface area contributed by atoms with E-state index in [2.05, 4.69) is 14.7 Å². The average Bonchev–Trinajstić information content (AvgIpc) is 2.51. The van der Waals surface area contributed by atoms with Gasteiger partial charge in [0.15, 0.2) is 0 Å². The van der Waals surface area contributed by atoms with Crippen molar-refractivity contribution in [1.29, 1.82) is 0 Å². The maximum Gasteiger partial charge on any atom is 0.325 e. The molecule has 0 saturated heterocycles. The summed E-state index contributed by atoms with van der Waals surface area (Å²) in [6, 6.07) is 8.18. The van der Waals surface area contributed by atoms with E-state index >= 15 is 0 Å². The van der Waals surface area contributed by atoms with Crippen LogP contribution < -0.4 is 4.90 Å². The number of aromatic nitrogens is 2. The van der Waals surface area contributed by atoms with E-state index in [-0.39, 0.29) is 12.2 Å². The number of nitrogens with zero attached hydrogens (tertiary/aromatic N) is 3. The summed E-state index contributed by atoms with van der Waals surface area (Å²) in [5.41, 5.74) is 0.846. The van der Waals surface area contributed by atoms with Crippen LogP contribution in [0.3, 0.4) is 0 Å². The number of aryl methyl sites for hydroxylation is 1. The van der Waals surface area contributed by atoms with Crippen LogP contribution in [0.1, 0.15) is 16.2 Å². The number of ether oxygens (including phenoxy) is 1. The molecule has 0 fully saturated rings. The van der Waals surface area contributed by atoms with Crippen molar-refractivity contribution in [1.82, 2.24) is 9.97 Å². The number of anilines is 1. The van der Waals surface area contributed by atoms with Crippen LogP contribution in [-0.2, 0) is 9.53 Å². The molecule has 0 aromatic carbocycles. The summed E-state index contributed by atoms with van der Waals surface area (Å²) in [7, 11) is 1.26. The molecular formula is C15H14ClN3O3. The lowest BCUT2D eigenvalue weighted by Crippen LogP contribution is -2.37. The molecule has 0 saturated carbocycles. The third-order valence-corrected chi connectivity index (χ3v) is 3.09. The molecule has 2 aromatic rings. The van der Waals surface area contributed by atoms with Gasteiger partial charge in [0.1, 0.15) is 18.1 Å². The molecule has 0 N–H and O–H groups in total. The van der Waals surface area contributed by atoms with Gasteiger partial charge in [-0.15, -0.1) is 0 Å². The predicted octanol–water partition coefficient (Wildman–Crippen LogP) is 2.26. The Morgan fingerprint density at radius 1 is 1.32 bits per heavy atom. The van der Waals surface area contributed by atoms with Crippen molar-refractivity contribution < 1.29 is 14.3 Å². The Kier molecular flexibility index (Phi) is 5.06. The van der Waals surface area contributed by atoms with Gasteiger partial charge < -0.3 is 4.74 Å². The van der Waals surface area contributed by atoms with Crippen LogP contribution in [-0.4, -0.2) is 35.5 Å². The Labute approximate surface area is 132 Å². The standard InChI is InChI=1S/C15H14ClN3O3/c1-10-4-3-5-13(18-10)19(9-14(20)22-2)15(21)12-8-11(16)6-7-17-12/h3-8H,9H2,1-2H3. The normalized spacial score (nSPS) is 10.1. The van der Waals surface area contributed by atoms with Crippen molar-refractivity contribution in [3.05, 3.63) is 52.9 Å². The van der Waals surface area contributed by atoms with E-state index in [4.69, 9.17) is 11.6 Å². The quantitative estimate of drug-likeness (QED) is 0.808. The first-order valence-electron chi connectivity index (χ1n) is 6.45. The fourth-order valence-electron chi connectivity index (χ4n) is 1.79. The Morgan fingerprint density at radius 2 is 2.09 bits per heavy atom. The van der Waals surface area contributed by atoms with Gasteiger partial charge in [-0.1, -0.05) is 17.7 Å². The highest BCUT2D eigenvalue weighted by Gasteiger charge is 2.23. The lowest BCUT2D eigenvalue weighted by molar-refractivity contribution is -0.138. The zero-order valence-electron chi connectivity index (χ0n) is 12.1. The minimum absolute atomic E-state index is 0.125. The number of carbonyl (C=O) groups is 2. The van der Waals surface area contributed by atoms with Gasteiger partial charge in [0, 0.05) is 16.9 Å². The summed E-state index contributed by atoms with van der Waals surface area (Å²) in [6.45, 7) is 1.53. The highest BCUT2D eigenvalue weighted by molar-refractivity contribution is 6.31. The maximum atomic E-state index is 12.6. The first kappa shape index (κ1) is 15.9. The smallest absolute Gasteiger partial charge is 0.325 e. The summed E-state index contributed by atoms with van der Waals surface area (Å²) in [5.74, 6) is -0.693. The molecule has 0 bridgehead atoms. The van der Waals surface area contributed by atoms with Crippen molar-refractivity contribution in [3.63, 3.8) is 0 Å². The van der Waals surface area contributed by atoms with Gasteiger partial charge in [-0.3, -0.25) is 19.5 Å². The summed E-state index contributed by atoms with van der Waals surface area (Å²) in [5, 5.41) is 0.383. The van der Waals surface area contributed by atoms with Crippen LogP contribution in [0.2, 0.25) is 5.02 Å². The molecule has 6 nitrogen and oxygen atoms in total. The highest BCUT2D eigenvalue weighted by Crippen LogP contribution is 2.16. The topological polar surface area (TPSA) is 72.4 Å². The molecule has 1 amide bonds. The largest absolute Gasteiger partial charge is 0.468 e. The van der Waals surface area contributed by atoms with E-state index in [0.29, 0.717) is 10.8 Å². The number of esters is 1. The summed E-state index contributed by atoms with van der Waals surface area (Å²) in [6.07, 6.45) is 1.43. The molecule has 0 radical (unpaired) electrons. The molecule has 0 aliphatic carbocycles. The third kappa shape index (κ3) is 3.79. The van der Waals surface area contributed by atoms with Gasteiger partial charge in [0.2, 0.25) is 0 Å². The number of carbonyl (C=O) groups excluding carboxylic acids is 2. The van der Waals surface area contributed by atoms with Crippen molar-refractivity contribution in [3.8, 4) is 0 Å². The van der Waals surface area contributed by atoms with Crippen LogP contribution in [0.15, 0.2) is 36.5 Å². The van der Waals surface area contributed by atoms with Gasteiger partial charge in [-0.05, 0) is 31.2 Å². The fourth-order valence-corrected chi connectivity index (χ4v) is 1.95. The average molecular weight is 320 g/mol. The molecule has 0 atom stereocenters. The monoisotopic (exact) mass is 319 g/mol. The first-order chi connectivity index (χ1) is 10.5. The molecule has 22 heavy (non-hydrogen) atoms. The lowest BCUT2D eigenvalue weighted by Gasteiger charge is -2.20. The minimum Gasteiger partial charge on any atom is -0.468 e. The molecule has 0 aliphatic rings. The summed E-state index contributed by atoms with van der Waals surface area (Å²) >= 11 is 5.88. The van der Waals surface area contributed by atoms with Gasteiger partial charge in [0.05, 0.1) is 7.11 Å². The first-order valence-corrected chi connectivity index (χ1v) is 6.83. The second-order valence-electron chi connectivity index (χ2n) is 4.46. The number of halogens is 1. The number of rotatable bonds is 4. The van der Waals surface area contributed by atoms with Gasteiger partial charge in [-0.25, -0.2) is 4.98 Å². The van der Waals surface area contributed by atoms with E-state index in [1.54, 1.807) is 31.2 Å². The number of pyridine rings is 2. The highest BCUT2D eigenvalue weighted by atomic mass is 35.5. The van der Waals surface area contributed by atoms with E-state index in [9.17, 15) is 9.59 Å². The van der Waals surface area contributed by atoms with Crippen LogP contribution in [0.4, 0.5) is 5.82 Å². The number of methoxy groups -OCH3 is 1. The van der Waals surface area contributed by atoms with Crippen LogP contribution in [0, 0.1) is 6.92 Å². The minimum atomic E-state index is -0.557. The van der Waals surface area contributed by atoms with E-state index in [0.717, 1.165) is 5.69 Å². The second-order valence-corrected chi connectivity index (χ2v) is 4.90. The molecule has 7 heteroatoms. The predicted molar refractivity (Wildman–Crippen MR) is 81.9 cm³/mol. The third-order valence-electron chi connectivity index (χ3n) is 2.85. The van der Waals surface area contributed by atoms with Gasteiger partial charge >= 0.3 is 5.97 Å². The number of amides is 1. The molecule has 0 unspecified atom stereocenters. The number of hydrogen-bond donors (Lipinski definition) is 0. The Bertz CT molecular complexity index is 706. The molecule has 0 aliphatic heterocycles. The molecular weight excluding hydrogens is 306 g/mol. The number of hydrogen-bond acceptors (Lipinski definition) is 5. The summed E-state index contributed by atoms with van der Waals surface area (Å²) in [4.78, 5) is 33.7. The zero-order valence-corrected chi connectivity index (χ0v) is 12.9. The Balaban J connectivity index is 2.39. The van der Waals surface area contributed by atoms with E-state index < -0.39 is 11.9 Å². The molecule has 2 heterocycles. The zero-order chi connectivity index (χ0) is 16.1. The van der Waals surface area contributed by atoms with E-state index in [1.807, 2.05) is 0 Å². The van der Waals surface area contributed by atoms with Crippen molar-refractivity contribution >= 4 is 29.3 Å². The van der Waals surface area contributed by atoms with Crippen LogP contribution in [0.5, 0.6) is 0 Å². The van der Waals surface area contributed by atoms with Crippen LogP contribution >= 0.6 is 11.6 Å². The lowest BCUT2D eigenvalue weighted by atomic mass is 10.3. The SMILES string of the molecule is COC(=O)CN(C(=O)c1cc(Cl)ccn1)c1cccc(C)n1. The molecule has 0 spiro atoms. The van der Waals surface area contributed by atoms with Crippen molar-refractivity contribution in [2.45, 2.75) is 6.92 Å². The Hall–Kier alpha value is -2.47. The van der Waals surface area contributed by atoms with Crippen molar-refractivity contribution in [2.24, 2.45) is 0 Å². The Morgan fingerprint density at radius 3 is 2.73 bits per heavy atom. The van der Waals surface area contributed by atoms with Gasteiger partial charge in [-0.2, -0.15) is 0 Å². The van der Waals surface area contributed by atoms with E-state index in [1.165, 1.54) is 24.3 Å². The fraction of sp³-hybridized carbons (Fsp3) is 0.200. The van der Waals surface area contributed by atoms with Crippen LogP contribution in [0.25, 0.3) is 0 Å². The second kappa shape index (κ2) is 7.00.